The van der Waals surface area contributed by atoms with Crippen LogP contribution in [0.25, 0.3) is 11.4 Å². The third-order valence-electron chi connectivity index (χ3n) is 2.91. The number of anilines is 1. The van der Waals surface area contributed by atoms with Crippen LogP contribution in [-0.4, -0.2) is 17.0 Å². The van der Waals surface area contributed by atoms with Gasteiger partial charge in [-0.2, -0.15) is 23.1 Å². The van der Waals surface area contributed by atoms with Gasteiger partial charge in [0.05, 0.1) is 5.69 Å². The number of hydrogen-bond acceptors (Lipinski definition) is 5. The van der Waals surface area contributed by atoms with Crippen LogP contribution in [0.1, 0.15) is 16.8 Å². The van der Waals surface area contributed by atoms with Gasteiger partial charge in [0.15, 0.2) is 5.82 Å². The number of aryl methyl sites for hydroxylation is 1. The molecule has 0 aromatic carbocycles. The van der Waals surface area contributed by atoms with Crippen molar-refractivity contribution in [3.63, 3.8) is 0 Å². The summed E-state index contributed by atoms with van der Waals surface area (Å²) in [6, 6.07) is 0. The average Bonchev–Trinajstić information content (AvgIpc) is 2.95. The van der Waals surface area contributed by atoms with Gasteiger partial charge in [0.1, 0.15) is 5.82 Å². The van der Waals surface area contributed by atoms with E-state index in [4.69, 9.17) is 4.98 Å². The van der Waals surface area contributed by atoms with E-state index in [1.165, 1.54) is 16.8 Å². The lowest BCUT2D eigenvalue weighted by Crippen LogP contribution is -2.03. The Labute approximate surface area is 109 Å². The molecule has 3 heterocycles. The van der Waals surface area contributed by atoms with Crippen molar-refractivity contribution in [2.45, 2.75) is 18.4 Å². The molecule has 3 rings (SSSR count). The highest BCUT2D eigenvalue weighted by Crippen LogP contribution is 2.35. The standard InChI is InChI=1S/C12H13N3S2/c1-7-3-16-4-8(7)12-14-10-6-17-5-9(10)11(13-2)15-12/h3-4H,5-6H2,1-2H3,(H,13,14,15). The van der Waals surface area contributed by atoms with Crippen LogP contribution in [0.5, 0.6) is 0 Å². The van der Waals surface area contributed by atoms with E-state index < -0.39 is 0 Å². The molecule has 17 heavy (non-hydrogen) atoms. The molecule has 0 spiro atoms. The fourth-order valence-corrected chi connectivity index (χ4v) is 3.84. The van der Waals surface area contributed by atoms with Gasteiger partial charge in [-0.15, -0.1) is 0 Å². The van der Waals surface area contributed by atoms with Gasteiger partial charge in [-0.3, -0.25) is 0 Å². The maximum absolute atomic E-state index is 4.70. The smallest absolute Gasteiger partial charge is 0.162 e. The normalized spacial score (nSPS) is 13.8. The summed E-state index contributed by atoms with van der Waals surface area (Å²) in [4.78, 5) is 9.34. The second kappa shape index (κ2) is 4.31. The van der Waals surface area contributed by atoms with Crippen molar-refractivity contribution in [2.75, 3.05) is 12.4 Å². The molecule has 1 aliphatic heterocycles. The largest absolute Gasteiger partial charge is 0.373 e. The molecule has 0 aliphatic carbocycles. The minimum Gasteiger partial charge on any atom is -0.373 e. The van der Waals surface area contributed by atoms with Crippen LogP contribution in [-0.2, 0) is 11.5 Å². The molecule has 0 atom stereocenters. The van der Waals surface area contributed by atoms with E-state index in [0.29, 0.717) is 0 Å². The molecule has 2 aromatic heterocycles. The molecule has 2 aromatic rings. The molecule has 0 radical (unpaired) electrons. The van der Waals surface area contributed by atoms with E-state index in [1.54, 1.807) is 11.3 Å². The number of thioether (sulfide) groups is 1. The quantitative estimate of drug-likeness (QED) is 0.902. The number of thiophene rings is 1. The number of aromatic nitrogens is 2. The first-order chi connectivity index (χ1) is 8.29. The highest BCUT2D eigenvalue weighted by molar-refractivity contribution is 7.98. The first kappa shape index (κ1) is 11.0. The van der Waals surface area contributed by atoms with Gasteiger partial charge in [-0.05, 0) is 17.9 Å². The Bertz CT molecular complexity index is 563. The fourth-order valence-electron chi connectivity index (χ4n) is 1.97. The zero-order valence-corrected chi connectivity index (χ0v) is 11.4. The predicted octanol–water partition coefficient (Wildman–Crippen LogP) is 3.30. The van der Waals surface area contributed by atoms with Crippen LogP contribution in [0.4, 0.5) is 5.82 Å². The Kier molecular flexibility index (Phi) is 2.80. The maximum Gasteiger partial charge on any atom is 0.162 e. The second-order valence-electron chi connectivity index (χ2n) is 4.03. The summed E-state index contributed by atoms with van der Waals surface area (Å²) in [5.74, 6) is 3.87. The molecule has 1 aliphatic rings. The van der Waals surface area contributed by atoms with Gasteiger partial charge < -0.3 is 5.32 Å². The van der Waals surface area contributed by atoms with Crippen LogP contribution in [0.3, 0.4) is 0 Å². The Hall–Kier alpha value is -1.07. The minimum atomic E-state index is 0.856. The zero-order chi connectivity index (χ0) is 11.8. The van der Waals surface area contributed by atoms with Crippen molar-refractivity contribution in [1.29, 1.82) is 0 Å². The molecule has 88 valence electrons. The monoisotopic (exact) mass is 263 g/mol. The summed E-state index contributed by atoms with van der Waals surface area (Å²) in [6.07, 6.45) is 0. The minimum absolute atomic E-state index is 0.856. The van der Waals surface area contributed by atoms with Crippen LogP contribution in [0.15, 0.2) is 10.8 Å². The molecular formula is C12H13N3S2. The number of fused-ring (bicyclic) bond motifs is 1. The highest BCUT2D eigenvalue weighted by atomic mass is 32.2. The SMILES string of the molecule is CNc1nc(-c2cscc2C)nc2c1CSC2. The Balaban J connectivity index is 2.16. The topological polar surface area (TPSA) is 37.8 Å². The van der Waals surface area contributed by atoms with Crippen molar-refractivity contribution >= 4 is 28.9 Å². The summed E-state index contributed by atoms with van der Waals surface area (Å²) in [5.41, 5.74) is 4.87. The van der Waals surface area contributed by atoms with Gasteiger partial charge in [-0.1, -0.05) is 0 Å². The first-order valence-corrected chi connectivity index (χ1v) is 7.58. The molecule has 5 heteroatoms. The summed E-state index contributed by atoms with van der Waals surface area (Å²) in [7, 11) is 1.93. The summed E-state index contributed by atoms with van der Waals surface area (Å²) in [5, 5.41) is 7.45. The Morgan fingerprint density at radius 1 is 1.24 bits per heavy atom. The van der Waals surface area contributed by atoms with Crippen molar-refractivity contribution in [1.82, 2.24) is 9.97 Å². The molecule has 3 nitrogen and oxygen atoms in total. The number of rotatable bonds is 2. The third kappa shape index (κ3) is 1.83. The van der Waals surface area contributed by atoms with E-state index >= 15 is 0 Å². The Morgan fingerprint density at radius 2 is 2.12 bits per heavy atom. The van der Waals surface area contributed by atoms with Crippen LogP contribution >= 0.6 is 23.1 Å². The number of hydrogen-bond donors (Lipinski definition) is 1. The molecule has 0 bridgehead atoms. The van der Waals surface area contributed by atoms with E-state index in [-0.39, 0.29) is 0 Å². The van der Waals surface area contributed by atoms with E-state index in [2.05, 4.69) is 28.0 Å². The average molecular weight is 263 g/mol. The van der Waals surface area contributed by atoms with Crippen molar-refractivity contribution in [3.05, 3.63) is 27.6 Å². The first-order valence-electron chi connectivity index (χ1n) is 5.48. The van der Waals surface area contributed by atoms with Crippen LogP contribution in [0.2, 0.25) is 0 Å². The van der Waals surface area contributed by atoms with Gasteiger partial charge in [0, 0.05) is 35.1 Å². The van der Waals surface area contributed by atoms with Crippen LogP contribution in [0, 0.1) is 6.92 Å². The van der Waals surface area contributed by atoms with Crippen molar-refractivity contribution in [3.8, 4) is 11.4 Å². The Morgan fingerprint density at radius 3 is 2.82 bits per heavy atom. The molecule has 0 saturated heterocycles. The van der Waals surface area contributed by atoms with Gasteiger partial charge in [-0.25, -0.2) is 9.97 Å². The van der Waals surface area contributed by atoms with Gasteiger partial charge >= 0.3 is 0 Å². The summed E-state index contributed by atoms with van der Waals surface area (Å²) in [6.45, 7) is 2.11. The van der Waals surface area contributed by atoms with Gasteiger partial charge in [0.2, 0.25) is 0 Å². The molecule has 0 unspecified atom stereocenters. The van der Waals surface area contributed by atoms with E-state index in [1.807, 2.05) is 18.8 Å². The van der Waals surface area contributed by atoms with Crippen molar-refractivity contribution in [2.24, 2.45) is 0 Å². The van der Waals surface area contributed by atoms with E-state index in [9.17, 15) is 0 Å². The molecule has 0 saturated carbocycles. The second-order valence-corrected chi connectivity index (χ2v) is 5.76. The molecular weight excluding hydrogens is 250 g/mol. The third-order valence-corrected chi connectivity index (χ3v) is 4.74. The maximum atomic E-state index is 4.70. The van der Waals surface area contributed by atoms with Crippen molar-refractivity contribution < 1.29 is 0 Å². The lowest BCUT2D eigenvalue weighted by atomic mass is 10.2. The fraction of sp³-hybridized carbons (Fsp3) is 0.333. The lowest BCUT2D eigenvalue weighted by molar-refractivity contribution is 1.07. The zero-order valence-electron chi connectivity index (χ0n) is 9.78. The van der Waals surface area contributed by atoms with Gasteiger partial charge in [0.25, 0.3) is 0 Å². The summed E-state index contributed by atoms with van der Waals surface area (Å²) >= 11 is 3.60. The molecule has 0 fully saturated rings. The molecule has 1 N–H and O–H groups in total. The number of nitrogens with zero attached hydrogens (tertiary/aromatic N) is 2. The van der Waals surface area contributed by atoms with Crippen LogP contribution < -0.4 is 5.32 Å². The lowest BCUT2D eigenvalue weighted by Gasteiger charge is -2.08. The predicted molar refractivity (Wildman–Crippen MR) is 74.6 cm³/mol. The highest BCUT2D eigenvalue weighted by Gasteiger charge is 2.20. The van der Waals surface area contributed by atoms with E-state index in [0.717, 1.165) is 28.7 Å². The number of nitrogens with one attached hydrogen (secondary N) is 1. The molecule has 0 amide bonds. The summed E-state index contributed by atoms with van der Waals surface area (Å²) < 4.78 is 0.